The largest absolute Gasteiger partial charge is 0.343 e. The summed E-state index contributed by atoms with van der Waals surface area (Å²) in [7, 11) is 0. The summed E-state index contributed by atoms with van der Waals surface area (Å²) in [5.74, 6) is 1.09. The zero-order valence-electron chi connectivity index (χ0n) is 21.5. The number of nitrogens with zero attached hydrogens (tertiary/aromatic N) is 2. The summed E-state index contributed by atoms with van der Waals surface area (Å²) in [5, 5.41) is 0.755. The van der Waals surface area contributed by atoms with E-state index < -0.39 is 0 Å². The molecule has 2 aliphatic carbocycles. The molecule has 2 aromatic rings. The molecule has 38 heavy (non-hydrogen) atoms. The SMILES string of the molecule is CC(=O)NNC1=CCC(CC(=O)N2CCC([C@H]3c4ncc(Br)cc4CCc4cc(Cl)cc(Br)c43)CC2)CC1. The molecular formula is C29H33Br2ClN4O2. The molecule has 202 valence electrons. The van der Waals surface area contributed by atoms with Gasteiger partial charge >= 0.3 is 0 Å². The maximum absolute atomic E-state index is 13.2. The third-order valence-corrected chi connectivity index (χ3v) is 9.47. The minimum atomic E-state index is -0.109. The number of hydrogen-bond acceptors (Lipinski definition) is 4. The molecule has 3 aliphatic rings. The minimum absolute atomic E-state index is 0.109. The lowest BCUT2D eigenvalue weighted by Crippen LogP contribution is -2.41. The molecule has 6 nitrogen and oxygen atoms in total. The second-order valence-corrected chi connectivity index (χ2v) is 12.9. The van der Waals surface area contributed by atoms with E-state index in [1.807, 2.05) is 12.3 Å². The van der Waals surface area contributed by atoms with Crippen molar-refractivity contribution in [2.24, 2.45) is 11.8 Å². The number of amides is 2. The van der Waals surface area contributed by atoms with Crippen molar-refractivity contribution in [3.8, 4) is 0 Å². The van der Waals surface area contributed by atoms with Crippen LogP contribution in [-0.2, 0) is 22.4 Å². The van der Waals surface area contributed by atoms with Gasteiger partial charge in [-0.25, -0.2) is 0 Å². The Kier molecular flexibility index (Phi) is 8.80. The first-order valence-electron chi connectivity index (χ1n) is 13.4. The molecule has 1 aromatic heterocycles. The van der Waals surface area contributed by atoms with E-state index in [0.717, 1.165) is 83.4 Å². The standard InChI is InChI=1S/C29H33Br2ClN4O2/c1-17(37)34-35-24-6-2-18(3-7-24)12-26(38)36-10-8-19(9-11-36)28-27-20(14-23(32)15-25(27)31)4-5-21-13-22(30)16-33-29(21)28/h6,13-16,18-19,28,35H,2-5,7-12H2,1H3,(H,34,37)/t18?,28-/m1/s1. The first-order chi connectivity index (χ1) is 18.3. The zero-order valence-corrected chi connectivity index (χ0v) is 25.5. The number of piperidine rings is 1. The third kappa shape index (κ3) is 6.28. The first-order valence-corrected chi connectivity index (χ1v) is 15.4. The van der Waals surface area contributed by atoms with Crippen LogP contribution in [0.25, 0.3) is 0 Å². The number of rotatable bonds is 5. The number of nitrogens with one attached hydrogen (secondary N) is 2. The number of pyridine rings is 1. The van der Waals surface area contributed by atoms with E-state index in [1.165, 1.54) is 23.6 Å². The predicted octanol–water partition coefficient (Wildman–Crippen LogP) is 6.44. The number of hydrogen-bond donors (Lipinski definition) is 2. The Morgan fingerprint density at radius 2 is 1.84 bits per heavy atom. The molecule has 5 rings (SSSR count). The van der Waals surface area contributed by atoms with Crippen LogP contribution in [0, 0.1) is 11.8 Å². The number of likely N-dealkylation sites (tertiary alicyclic amines) is 1. The average molecular weight is 665 g/mol. The summed E-state index contributed by atoms with van der Waals surface area (Å²) in [6, 6.07) is 6.33. The van der Waals surface area contributed by atoms with Crippen LogP contribution < -0.4 is 10.9 Å². The van der Waals surface area contributed by atoms with E-state index in [9.17, 15) is 9.59 Å². The molecule has 1 unspecified atom stereocenters. The van der Waals surface area contributed by atoms with E-state index >= 15 is 0 Å². The number of benzene rings is 1. The highest BCUT2D eigenvalue weighted by Gasteiger charge is 2.36. The van der Waals surface area contributed by atoms with Gasteiger partial charge in [0.15, 0.2) is 0 Å². The van der Waals surface area contributed by atoms with E-state index in [4.69, 9.17) is 16.6 Å². The quantitative estimate of drug-likeness (QED) is 0.361. The van der Waals surface area contributed by atoms with Crippen molar-refractivity contribution in [3.63, 3.8) is 0 Å². The van der Waals surface area contributed by atoms with Crippen molar-refractivity contribution in [3.05, 3.63) is 72.5 Å². The van der Waals surface area contributed by atoms with Crippen LogP contribution in [-0.4, -0.2) is 34.8 Å². The van der Waals surface area contributed by atoms with Gasteiger partial charge in [0.05, 0.1) is 5.69 Å². The molecule has 2 heterocycles. The van der Waals surface area contributed by atoms with Gasteiger partial charge in [-0.15, -0.1) is 0 Å². The fraction of sp³-hybridized carbons (Fsp3) is 0.483. The molecule has 0 spiro atoms. The van der Waals surface area contributed by atoms with Gasteiger partial charge in [0.1, 0.15) is 0 Å². The third-order valence-electron chi connectivity index (χ3n) is 8.16. The summed E-state index contributed by atoms with van der Waals surface area (Å²) in [6.45, 7) is 3.05. The van der Waals surface area contributed by atoms with Crippen molar-refractivity contribution in [1.82, 2.24) is 20.7 Å². The Bertz CT molecular complexity index is 1260. The highest BCUT2D eigenvalue weighted by atomic mass is 79.9. The van der Waals surface area contributed by atoms with Crippen molar-refractivity contribution in [2.75, 3.05) is 13.1 Å². The molecule has 1 saturated heterocycles. The minimum Gasteiger partial charge on any atom is -0.343 e. The van der Waals surface area contributed by atoms with Crippen LogP contribution in [0.1, 0.15) is 73.8 Å². The molecule has 2 amide bonds. The number of hydrazine groups is 1. The first kappa shape index (κ1) is 27.7. The van der Waals surface area contributed by atoms with Crippen LogP contribution in [0.3, 0.4) is 0 Å². The lowest BCUT2D eigenvalue weighted by Gasteiger charge is -2.37. The number of fused-ring (bicyclic) bond motifs is 2. The van der Waals surface area contributed by atoms with Crippen molar-refractivity contribution < 1.29 is 9.59 Å². The molecule has 1 fully saturated rings. The smallest absolute Gasteiger partial charge is 0.235 e. The summed E-state index contributed by atoms with van der Waals surface area (Å²) in [4.78, 5) is 31.3. The normalized spacial score (nSPS) is 21.6. The zero-order chi connectivity index (χ0) is 26.8. The Labute approximate surface area is 246 Å². The Morgan fingerprint density at radius 1 is 1.08 bits per heavy atom. The Hall–Kier alpha value is -1.90. The summed E-state index contributed by atoms with van der Waals surface area (Å²) >= 11 is 13.9. The molecular weight excluding hydrogens is 632 g/mol. The topological polar surface area (TPSA) is 74.3 Å². The van der Waals surface area contributed by atoms with E-state index in [-0.39, 0.29) is 17.7 Å². The molecule has 0 bridgehead atoms. The fourth-order valence-electron chi connectivity index (χ4n) is 6.24. The highest BCUT2D eigenvalue weighted by Crippen LogP contribution is 2.46. The van der Waals surface area contributed by atoms with Crippen LogP contribution in [0.4, 0.5) is 0 Å². The average Bonchev–Trinajstić information content (AvgIpc) is 3.05. The van der Waals surface area contributed by atoms with Crippen LogP contribution >= 0.6 is 43.5 Å². The number of aromatic nitrogens is 1. The van der Waals surface area contributed by atoms with Gasteiger partial charge in [-0.05, 0) is 108 Å². The van der Waals surface area contributed by atoms with E-state index in [2.05, 4.69) is 65.8 Å². The van der Waals surface area contributed by atoms with Crippen LogP contribution in [0.2, 0.25) is 5.02 Å². The molecule has 0 saturated carbocycles. The molecule has 0 radical (unpaired) electrons. The predicted molar refractivity (Wildman–Crippen MR) is 157 cm³/mol. The van der Waals surface area contributed by atoms with Gasteiger partial charge in [0.2, 0.25) is 11.8 Å². The van der Waals surface area contributed by atoms with Crippen molar-refractivity contribution in [1.29, 1.82) is 0 Å². The summed E-state index contributed by atoms with van der Waals surface area (Å²) in [6.07, 6.45) is 11.1. The van der Waals surface area contributed by atoms with E-state index in [1.54, 1.807) is 0 Å². The van der Waals surface area contributed by atoms with Crippen molar-refractivity contribution in [2.45, 2.75) is 64.2 Å². The summed E-state index contributed by atoms with van der Waals surface area (Å²) in [5.41, 5.74) is 11.7. The molecule has 2 N–H and O–H groups in total. The van der Waals surface area contributed by atoms with Gasteiger partial charge in [-0.1, -0.05) is 33.6 Å². The van der Waals surface area contributed by atoms with Gasteiger partial charge in [-0.2, -0.15) is 0 Å². The Balaban J connectivity index is 1.26. The van der Waals surface area contributed by atoms with Gasteiger partial charge < -0.3 is 10.3 Å². The lowest BCUT2D eigenvalue weighted by atomic mass is 9.76. The van der Waals surface area contributed by atoms with Gasteiger partial charge in [-0.3, -0.25) is 20.0 Å². The molecule has 1 aliphatic heterocycles. The van der Waals surface area contributed by atoms with Crippen LogP contribution in [0.15, 0.2) is 45.1 Å². The number of aryl methyl sites for hydroxylation is 2. The maximum atomic E-state index is 13.2. The molecule has 1 aromatic carbocycles. The monoisotopic (exact) mass is 662 g/mol. The summed E-state index contributed by atoms with van der Waals surface area (Å²) < 4.78 is 2.06. The second-order valence-electron chi connectivity index (χ2n) is 10.7. The second kappa shape index (κ2) is 12.1. The Morgan fingerprint density at radius 3 is 2.55 bits per heavy atom. The number of halogens is 3. The van der Waals surface area contributed by atoms with Crippen LogP contribution in [0.5, 0.6) is 0 Å². The molecule has 2 atom stereocenters. The number of allylic oxidation sites excluding steroid dienone is 2. The maximum Gasteiger partial charge on any atom is 0.235 e. The van der Waals surface area contributed by atoms with Crippen molar-refractivity contribution >= 4 is 55.3 Å². The number of carbonyl (C=O) groups excluding carboxylic acids is 2. The van der Waals surface area contributed by atoms with Gasteiger partial charge in [0.25, 0.3) is 0 Å². The molecule has 9 heteroatoms. The number of carbonyl (C=O) groups is 2. The van der Waals surface area contributed by atoms with E-state index in [0.29, 0.717) is 18.3 Å². The highest BCUT2D eigenvalue weighted by molar-refractivity contribution is 9.10. The lowest BCUT2D eigenvalue weighted by molar-refractivity contribution is -0.133. The fourth-order valence-corrected chi connectivity index (χ4v) is 7.74. The van der Waals surface area contributed by atoms with Gasteiger partial charge in [0, 0.05) is 58.2 Å².